The molecule has 12 aromatic rings. The summed E-state index contributed by atoms with van der Waals surface area (Å²) in [5.74, 6) is 0.470. The molecule has 6 heterocycles. The van der Waals surface area contributed by atoms with Gasteiger partial charge in [-0.25, -0.2) is 9.97 Å². The van der Waals surface area contributed by atoms with Gasteiger partial charge in [-0.3, -0.25) is 9.20 Å². The summed E-state index contributed by atoms with van der Waals surface area (Å²) in [6.45, 7) is 0. The van der Waals surface area contributed by atoms with E-state index in [0.29, 0.717) is 33.8 Å². The van der Waals surface area contributed by atoms with Crippen LogP contribution >= 0.6 is 11.3 Å². The lowest BCUT2D eigenvalue weighted by molar-refractivity contribution is 0.668. The molecule has 0 saturated heterocycles. The number of aromatic nitrogens is 4. The molecular weight excluding hydrogens is 689 g/mol. The van der Waals surface area contributed by atoms with E-state index in [9.17, 15) is 4.79 Å². The second kappa shape index (κ2) is 10.9. The molecule has 0 spiro atoms. The van der Waals surface area contributed by atoms with E-state index in [1.807, 2.05) is 102 Å². The van der Waals surface area contributed by atoms with Gasteiger partial charge in [-0.2, -0.15) is 4.98 Å². The average Bonchev–Trinajstić information content (AvgIpc) is 3.91. The van der Waals surface area contributed by atoms with E-state index in [1.54, 1.807) is 11.3 Å². The fourth-order valence-electron chi connectivity index (χ4n) is 8.08. The predicted molar refractivity (Wildman–Crippen MR) is 218 cm³/mol. The molecule has 0 unspecified atom stereocenters. The van der Waals surface area contributed by atoms with Crippen molar-refractivity contribution in [1.82, 2.24) is 19.4 Å². The Morgan fingerprint density at radius 2 is 1.20 bits per heavy atom. The molecule has 252 valence electrons. The molecule has 0 fully saturated rings. The van der Waals surface area contributed by atoms with Crippen molar-refractivity contribution in [3.63, 3.8) is 0 Å². The molecule has 0 amide bonds. The molecule has 54 heavy (non-hydrogen) atoms. The van der Waals surface area contributed by atoms with E-state index < -0.39 is 5.56 Å². The summed E-state index contributed by atoms with van der Waals surface area (Å²) in [5.41, 5.74) is 7.64. The third kappa shape index (κ3) is 4.17. The molecule has 6 aromatic carbocycles. The van der Waals surface area contributed by atoms with Crippen molar-refractivity contribution < 1.29 is 8.83 Å². The van der Waals surface area contributed by atoms with E-state index in [4.69, 9.17) is 18.8 Å². The fraction of sp³-hybridized carbons (Fsp3) is 0. The largest absolute Gasteiger partial charge is 0.456 e. The van der Waals surface area contributed by atoms with Gasteiger partial charge in [0.05, 0.1) is 5.69 Å². The Labute approximate surface area is 309 Å². The summed E-state index contributed by atoms with van der Waals surface area (Å²) >= 11 is 1.78. The minimum atomic E-state index is -0.403. The van der Waals surface area contributed by atoms with Crippen LogP contribution in [0, 0.1) is 0 Å². The summed E-state index contributed by atoms with van der Waals surface area (Å²) in [7, 11) is 0. The molecule has 0 aliphatic heterocycles. The molecule has 0 aliphatic rings. The molecule has 8 heteroatoms. The van der Waals surface area contributed by atoms with Gasteiger partial charge in [-0.05, 0) is 65.7 Å². The number of hydrogen-bond donors (Lipinski definition) is 0. The SMILES string of the molecule is O=c1nc2cc(-c3cccc4sc5ccccc5c34)ccn2c2nc(-c3cccc4oc5ccccc5c34)nc(-c3ccc4c(c3)oc3ccccc34)c12. The number of fused-ring (bicyclic) bond motifs is 12. The lowest BCUT2D eigenvalue weighted by Gasteiger charge is -2.13. The Morgan fingerprint density at radius 1 is 0.500 bits per heavy atom. The highest BCUT2D eigenvalue weighted by molar-refractivity contribution is 7.25. The minimum Gasteiger partial charge on any atom is -0.456 e. The summed E-state index contributed by atoms with van der Waals surface area (Å²) in [6.07, 6.45) is 1.96. The molecular formula is C46H24N4O3S. The van der Waals surface area contributed by atoms with Crippen LogP contribution in [0.15, 0.2) is 159 Å². The predicted octanol–water partition coefficient (Wildman–Crippen LogP) is 11.8. The van der Waals surface area contributed by atoms with Crippen molar-refractivity contribution in [2.45, 2.75) is 0 Å². The van der Waals surface area contributed by atoms with Gasteiger partial charge >= 0.3 is 0 Å². The maximum atomic E-state index is 14.3. The Hall–Kier alpha value is -7.16. The summed E-state index contributed by atoms with van der Waals surface area (Å²) in [6, 6.07) is 46.7. The van der Waals surface area contributed by atoms with E-state index >= 15 is 0 Å². The van der Waals surface area contributed by atoms with Gasteiger partial charge < -0.3 is 8.83 Å². The van der Waals surface area contributed by atoms with Crippen molar-refractivity contribution in [2.24, 2.45) is 0 Å². The van der Waals surface area contributed by atoms with Crippen LogP contribution in [0.3, 0.4) is 0 Å². The van der Waals surface area contributed by atoms with Gasteiger partial charge in [0.2, 0.25) is 0 Å². The first-order valence-electron chi connectivity index (χ1n) is 17.6. The third-order valence-corrected chi connectivity index (χ3v) is 11.6. The van der Waals surface area contributed by atoms with Gasteiger partial charge in [0.15, 0.2) is 11.5 Å². The van der Waals surface area contributed by atoms with Crippen LogP contribution in [0.25, 0.3) is 115 Å². The number of thiophene rings is 1. The number of nitrogens with zero attached hydrogens (tertiary/aromatic N) is 4. The first kappa shape index (κ1) is 29.4. The van der Waals surface area contributed by atoms with Gasteiger partial charge in [0.1, 0.15) is 33.4 Å². The molecule has 7 nitrogen and oxygen atoms in total. The average molecular weight is 713 g/mol. The molecule has 6 aromatic heterocycles. The standard InChI is InChI=1S/C46H24N4O3S/c51-46-42-43(26-19-20-29-28-9-1-4-14-33(28)53-36(29)23-26)48-44(32-13-7-16-35-40(32)30-10-2-5-15-34(30)52-35)49-45(42)50-22-21-25(24-39(50)47-46)27-12-8-18-38-41(27)31-11-3-6-17-37(31)54-38/h1-24H. The van der Waals surface area contributed by atoms with Crippen molar-refractivity contribution in [3.05, 3.63) is 156 Å². The van der Waals surface area contributed by atoms with E-state index in [0.717, 1.165) is 60.5 Å². The van der Waals surface area contributed by atoms with Crippen LogP contribution in [0.1, 0.15) is 0 Å². The molecule has 0 radical (unpaired) electrons. The van der Waals surface area contributed by atoms with Gasteiger partial charge in [-0.15, -0.1) is 11.3 Å². The smallest absolute Gasteiger partial charge is 0.284 e. The van der Waals surface area contributed by atoms with Crippen LogP contribution in [0.5, 0.6) is 0 Å². The number of rotatable bonds is 3. The minimum absolute atomic E-state index is 0.328. The number of para-hydroxylation sites is 2. The lowest BCUT2D eigenvalue weighted by Crippen LogP contribution is -2.14. The topological polar surface area (TPSA) is 86.4 Å². The summed E-state index contributed by atoms with van der Waals surface area (Å²) in [5, 5.41) is 6.63. The maximum absolute atomic E-state index is 14.3. The number of furan rings is 2. The van der Waals surface area contributed by atoms with Gasteiger partial charge in [-0.1, -0.05) is 84.9 Å². The van der Waals surface area contributed by atoms with Crippen molar-refractivity contribution >= 4 is 92.1 Å². The van der Waals surface area contributed by atoms with Crippen molar-refractivity contribution in [1.29, 1.82) is 0 Å². The van der Waals surface area contributed by atoms with Crippen LogP contribution in [0.4, 0.5) is 0 Å². The van der Waals surface area contributed by atoms with E-state index in [1.165, 1.54) is 20.2 Å². The number of hydrogen-bond acceptors (Lipinski definition) is 7. The van der Waals surface area contributed by atoms with Crippen LogP contribution in [0.2, 0.25) is 0 Å². The van der Waals surface area contributed by atoms with Crippen molar-refractivity contribution in [3.8, 4) is 33.8 Å². The fourth-order valence-corrected chi connectivity index (χ4v) is 9.21. The first-order chi connectivity index (χ1) is 26.7. The second-order valence-electron chi connectivity index (χ2n) is 13.5. The first-order valence-corrected chi connectivity index (χ1v) is 18.4. The van der Waals surface area contributed by atoms with E-state index in [2.05, 4.69) is 53.5 Å². The summed E-state index contributed by atoms with van der Waals surface area (Å²) in [4.78, 5) is 29.4. The second-order valence-corrected chi connectivity index (χ2v) is 14.6. The van der Waals surface area contributed by atoms with Gasteiger partial charge in [0.25, 0.3) is 5.56 Å². The quantitative estimate of drug-likeness (QED) is 0.170. The van der Waals surface area contributed by atoms with Crippen LogP contribution < -0.4 is 5.56 Å². The number of benzene rings is 6. The maximum Gasteiger partial charge on any atom is 0.284 e. The van der Waals surface area contributed by atoms with Crippen molar-refractivity contribution in [2.75, 3.05) is 0 Å². The van der Waals surface area contributed by atoms with Crippen LogP contribution in [-0.2, 0) is 0 Å². The van der Waals surface area contributed by atoms with Crippen LogP contribution in [-0.4, -0.2) is 19.4 Å². The highest BCUT2D eigenvalue weighted by Crippen LogP contribution is 2.41. The summed E-state index contributed by atoms with van der Waals surface area (Å²) < 4.78 is 16.9. The molecule has 0 atom stereocenters. The lowest BCUT2D eigenvalue weighted by atomic mass is 10.00. The third-order valence-electron chi connectivity index (χ3n) is 10.5. The van der Waals surface area contributed by atoms with E-state index in [-0.39, 0.29) is 0 Å². The molecule has 0 N–H and O–H groups in total. The molecule has 0 bridgehead atoms. The zero-order valence-corrected chi connectivity index (χ0v) is 29.1. The number of pyridine rings is 1. The normalized spacial score (nSPS) is 12.1. The zero-order chi connectivity index (χ0) is 35.5. The Morgan fingerprint density at radius 3 is 2.11 bits per heavy atom. The van der Waals surface area contributed by atoms with Gasteiger partial charge in [0, 0.05) is 59.0 Å². The highest BCUT2D eigenvalue weighted by atomic mass is 32.1. The Kier molecular flexibility index (Phi) is 5.95. The zero-order valence-electron chi connectivity index (χ0n) is 28.3. The molecule has 12 rings (SSSR count). The molecule has 0 aliphatic carbocycles. The Bertz CT molecular complexity index is 3610. The molecule has 0 saturated carbocycles. The highest BCUT2D eigenvalue weighted by Gasteiger charge is 2.22. The Balaban J connectivity index is 1.15. The monoisotopic (exact) mass is 712 g/mol.